The van der Waals surface area contributed by atoms with Crippen molar-refractivity contribution in [3.05, 3.63) is 63.5 Å². The van der Waals surface area contributed by atoms with Crippen molar-refractivity contribution in [2.24, 2.45) is 0 Å². The van der Waals surface area contributed by atoms with Crippen LogP contribution in [0.15, 0.2) is 56.3 Å². The third-order valence-electron chi connectivity index (χ3n) is 3.48. The second kappa shape index (κ2) is 6.21. The average molecular weight is 356 g/mol. The molecular formula is C16H12N4O2S2. The van der Waals surface area contributed by atoms with Crippen molar-refractivity contribution in [1.29, 1.82) is 0 Å². The molecule has 0 spiro atoms. The molecule has 0 aliphatic heterocycles. The van der Waals surface area contributed by atoms with E-state index < -0.39 is 0 Å². The highest BCUT2D eigenvalue weighted by Gasteiger charge is 2.12. The van der Waals surface area contributed by atoms with Gasteiger partial charge in [0.1, 0.15) is 0 Å². The van der Waals surface area contributed by atoms with Gasteiger partial charge >= 0.3 is 0 Å². The van der Waals surface area contributed by atoms with Gasteiger partial charge in [-0.2, -0.15) is 0 Å². The number of rotatable bonds is 4. The van der Waals surface area contributed by atoms with Crippen LogP contribution in [0.2, 0.25) is 0 Å². The zero-order valence-electron chi connectivity index (χ0n) is 12.7. The standard InChI is InChI=1S/C16H12N4O2S2/c1-10-4-2-3-5-12(10)14-18-19-16(22-14)24-9-11-8-13(21)20-6-7-23-15(20)17-11/h2-8H,9H2,1H3. The fraction of sp³-hybridized carbons (Fsp3) is 0.125. The SMILES string of the molecule is Cc1ccccc1-c1nnc(SCc2cc(=O)n3ccsc3n2)o1. The van der Waals surface area contributed by atoms with Crippen LogP contribution < -0.4 is 5.56 Å². The molecule has 4 aromatic rings. The van der Waals surface area contributed by atoms with Crippen molar-refractivity contribution < 1.29 is 4.42 Å². The highest BCUT2D eigenvalue weighted by atomic mass is 32.2. The molecule has 3 aromatic heterocycles. The molecule has 0 bridgehead atoms. The Bertz CT molecular complexity index is 1070. The van der Waals surface area contributed by atoms with Gasteiger partial charge in [0.05, 0.1) is 5.69 Å². The van der Waals surface area contributed by atoms with Crippen molar-refractivity contribution in [3.8, 4) is 11.5 Å². The zero-order chi connectivity index (χ0) is 16.5. The minimum atomic E-state index is -0.0806. The summed E-state index contributed by atoms with van der Waals surface area (Å²) in [4.78, 5) is 17.1. The van der Waals surface area contributed by atoms with Crippen molar-refractivity contribution >= 4 is 28.1 Å². The fourth-order valence-corrected chi connectivity index (χ4v) is 3.68. The smallest absolute Gasteiger partial charge is 0.277 e. The highest BCUT2D eigenvalue weighted by Crippen LogP contribution is 2.27. The predicted octanol–water partition coefficient (Wildman–Crippen LogP) is 3.41. The maximum Gasteiger partial charge on any atom is 0.277 e. The van der Waals surface area contributed by atoms with E-state index in [1.807, 2.05) is 36.6 Å². The summed E-state index contributed by atoms with van der Waals surface area (Å²) < 4.78 is 7.24. The topological polar surface area (TPSA) is 73.3 Å². The number of benzene rings is 1. The van der Waals surface area contributed by atoms with Gasteiger partial charge in [-0.05, 0) is 18.6 Å². The number of fused-ring (bicyclic) bond motifs is 1. The molecule has 3 heterocycles. The van der Waals surface area contributed by atoms with Gasteiger partial charge in [0, 0.05) is 29.0 Å². The largest absolute Gasteiger partial charge is 0.411 e. The number of aryl methyl sites for hydroxylation is 1. The third kappa shape index (κ3) is 2.85. The normalized spacial score (nSPS) is 11.2. The number of hydrogen-bond acceptors (Lipinski definition) is 7. The molecule has 0 atom stereocenters. The lowest BCUT2D eigenvalue weighted by molar-refractivity contribution is 0.465. The van der Waals surface area contributed by atoms with E-state index in [0.717, 1.165) is 11.1 Å². The molecule has 6 nitrogen and oxygen atoms in total. The molecule has 0 saturated heterocycles. The first kappa shape index (κ1) is 15.1. The first-order chi connectivity index (χ1) is 11.7. The number of hydrogen-bond donors (Lipinski definition) is 0. The maximum atomic E-state index is 12.0. The maximum absolute atomic E-state index is 12.0. The van der Waals surface area contributed by atoms with Gasteiger partial charge in [0.2, 0.25) is 5.89 Å². The number of thiazole rings is 1. The minimum absolute atomic E-state index is 0.0806. The van der Waals surface area contributed by atoms with Gasteiger partial charge in [0.25, 0.3) is 10.8 Å². The molecule has 0 fully saturated rings. The van der Waals surface area contributed by atoms with Crippen LogP contribution in [0.4, 0.5) is 0 Å². The monoisotopic (exact) mass is 356 g/mol. The summed E-state index contributed by atoms with van der Waals surface area (Å²) in [5, 5.41) is 10.5. The predicted molar refractivity (Wildman–Crippen MR) is 93.4 cm³/mol. The van der Waals surface area contributed by atoms with Crippen molar-refractivity contribution in [1.82, 2.24) is 19.6 Å². The number of nitrogens with zero attached hydrogens (tertiary/aromatic N) is 4. The fourth-order valence-electron chi connectivity index (χ4n) is 2.29. The van der Waals surface area contributed by atoms with Crippen LogP contribution in [0, 0.1) is 6.92 Å². The summed E-state index contributed by atoms with van der Waals surface area (Å²) in [6, 6.07) is 9.39. The Morgan fingerprint density at radius 1 is 1.29 bits per heavy atom. The molecule has 120 valence electrons. The van der Waals surface area contributed by atoms with Gasteiger partial charge in [-0.1, -0.05) is 30.0 Å². The van der Waals surface area contributed by atoms with Crippen LogP contribution in [0.25, 0.3) is 16.4 Å². The van der Waals surface area contributed by atoms with Crippen LogP contribution in [-0.4, -0.2) is 19.6 Å². The van der Waals surface area contributed by atoms with Crippen LogP contribution in [0.1, 0.15) is 11.3 Å². The lowest BCUT2D eigenvalue weighted by Crippen LogP contribution is -2.12. The van der Waals surface area contributed by atoms with Crippen LogP contribution >= 0.6 is 23.1 Å². The minimum Gasteiger partial charge on any atom is -0.411 e. The van der Waals surface area contributed by atoms with Gasteiger partial charge in [-0.25, -0.2) is 4.98 Å². The van der Waals surface area contributed by atoms with Gasteiger partial charge in [-0.3, -0.25) is 9.20 Å². The molecule has 0 N–H and O–H groups in total. The summed E-state index contributed by atoms with van der Waals surface area (Å²) in [6.45, 7) is 2.00. The average Bonchev–Trinajstić information content (AvgIpc) is 3.22. The van der Waals surface area contributed by atoms with Crippen LogP contribution in [0.3, 0.4) is 0 Å². The van der Waals surface area contributed by atoms with Crippen LogP contribution in [0.5, 0.6) is 0 Å². The third-order valence-corrected chi connectivity index (χ3v) is 5.09. The van der Waals surface area contributed by atoms with Crippen molar-refractivity contribution in [2.75, 3.05) is 0 Å². The highest BCUT2D eigenvalue weighted by molar-refractivity contribution is 7.98. The summed E-state index contributed by atoms with van der Waals surface area (Å²) in [6.07, 6.45) is 1.72. The molecule has 4 rings (SSSR count). The van der Waals surface area contributed by atoms with Crippen molar-refractivity contribution in [3.63, 3.8) is 0 Å². The Labute approximate surface area is 145 Å². The second-order valence-electron chi connectivity index (χ2n) is 5.12. The van der Waals surface area contributed by atoms with Gasteiger partial charge in [-0.15, -0.1) is 21.5 Å². The van der Waals surface area contributed by atoms with E-state index in [2.05, 4.69) is 15.2 Å². The number of thioether (sulfide) groups is 1. The van der Waals surface area contributed by atoms with E-state index in [9.17, 15) is 4.79 Å². The van der Waals surface area contributed by atoms with Crippen molar-refractivity contribution in [2.45, 2.75) is 17.9 Å². The Kier molecular flexibility index (Phi) is 3.91. The number of aromatic nitrogens is 4. The van der Waals surface area contributed by atoms with E-state index in [-0.39, 0.29) is 5.56 Å². The molecule has 1 aromatic carbocycles. The molecule has 8 heteroatoms. The van der Waals surface area contributed by atoms with E-state index in [4.69, 9.17) is 4.42 Å². The van der Waals surface area contributed by atoms with Crippen LogP contribution in [-0.2, 0) is 5.75 Å². The first-order valence-corrected chi connectivity index (χ1v) is 9.05. The Morgan fingerprint density at radius 3 is 3.04 bits per heavy atom. The van der Waals surface area contributed by atoms with E-state index in [1.54, 1.807) is 6.20 Å². The lowest BCUT2D eigenvalue weighted by atomic mass is 10.1. The second-order valence-corrected chi connectivity index (χ2v) is 6.92. The molecule has 0 radical (unpaired) electrons. The lowest BCUT2D eigenvalue weighted by Gasteiger charge is -1.99. The molecule has 0 unspecified atom stereocenters. The molecule has 24 heavy (non-hydrogen) atoms. The van der Waals surface area contributed by atoms with E-state index >= 15 is 0 Å². The zero-order valence-corrected chi connectivity index (χ0v) is 14.3. The molecule has 0 aliphatic carbocycles. The summed E-state index contributed by atoms with van der Waals surface area (Å²) in [5.41, 5.74) is 2.62. The molecule has 0 aliphatic rings. The summed E-state index contributed by atoms with van der Waals surface area (Å²) >= 11 is 2.80. The molecule has 0 amide bonds. The van der Waals surface area contributed by atoms with E-state index in [0.29, 0.717) is 27.5 Å². The Morgan fingerprint density at radius 2 is 2.17 bits per heavy atom. The molecule has 0 saturated carbocycles. The first-order valence-electron chi connectivity index (χ1n) is 7.19. The van der Waals surface area contributed by atoms with Gasteiger partial charge < -0.3 is 4.42 Å². The Hall–Kier alpha value is -2.45. The van der Waals surface area contributed by atoms with Gasteiger partial charge in [0.15, 0.2) is 4.96 Å². The molecular weight excluding hydrogens is 344 g/mol. The summed E-state index contributed by atoms with van der Waals surface area (Å²) in [7, 11) is 0. The quantitative estimate of drug-likeness (QED) is 0.522. The van der Waals surface area contributed by atoms with E-state index in [1.165, 1.54) is 33.6 Å². The Balaban J connectivity index is 1.54. The summed E-state index contributed by atoms with van der Waals surface area (Å²) in [5.74, 6) is 0.997.